The summed E-state index contributed by atoms with van der Waals surface area (Å²) in [5, 5.41) is 2.93. The molecule has 106 valence electrons. The molecule has 0 atom stereocenters. The average Bonchev–Trinajstić information content (AvgIpc) is 2.37. The van der Waals surface area contributed by atoms with Crippen LogP contribution >= 0.6 is 12.4 Å². The van der Waals surface area contributed by atoms with E-state index in [4.69, 9.17) is 0 Å². The molecular weight excluding hydrogens is 260 g/mol. The summed E-state index contributed by atoms with van der Waals surface area (Å²) in [6, 6.07) is 6.52. The van der Waals surface area contributed by atoms with E-state index in [0.717, 1.165) is 25.1 Å². The van der Waals surface area contributed by atoms with Crippen molar-refractivity contribution >= 4 is 24.0 Å². The lowest BCUT2D eigenvalue weighted by Crippen LogP contribution is -2.40. The number of anilines is 1. The van der Waals surface area contributed by atoms with Crippen molar-refractivity contribution in [1.82, 2.24) is 5.32 Å². The summed E-state index contributed by atoms with van der Waals surface area (Å²) in [4.78, 5) is 14.0. The highest BCUT2D eigenvalue weighted by Crippen LogP contribution is 2.30. The molecule has 0 spiro atoms. The first-order valence-corrected chi connectivity index (χ1v) is 6.71. The van der Waals surface area contributed by atoms with Gasteiger partial charge in [0.05, 0.1) is 6.54 Å². The molecule has 4 heteroatoms. The van der Waals surface area contributed by atoms with E-state index in [1.807, 2.05) is 11.9 Å². The first-order chi connectivity index (χ1) is 8.63. The lowest BCUT2D eigenvalue weighted by Gasteiger charge is -2.30. The Balaban J connectivity index is 0.00000180. The summed E-state index contributed by atoms with van der Waals surface area (Å²) < 4.78 is 0. The zero-order valence-electron chi connectivity index (χ0n) is 11.9. The molecule has 0 saturated carbocycles. The predicted molar refractivity (Wildman–Crippen MR) is 82.4 cm³/mol. The summed E-state index contributed by atoms with van der Waals surface area (Å²) in [6.45, 7) is 5.66. The van der Waals surface area contributed by atoms with Crippen molar-refractivity contribution < 1.29 is 4.79 Å². The quantitative estimate of drug-likeness (QED) is 0.925. The molecule has 1 amide bonds. The molecule has 1 aromatic rings. The number of amides is 1. The molecule has 2 rings (SSSR count). The highest BCUT2D eigenvalue weighted by Gasteiger charge is 2.22. The van der Waals surface area contributed by atoms with Gasteiger partial charge in [-0.1, -0.05) is 26.0 Å². The summed E-state index contributed by atoms with van der Waals surface area (Å²) >= 11 is 0. The minimum absolute atomic E-state index is 0. The number of hydrogen-bond acceptors (Lipinski definition) is 2. The second-order valence-electron chi connectivity index (χ2n) is 5.22. The van der Waals surface area contributed by atoms with Crippen LogP contribution in [0.5, 0.6) is 0 Å². The fourth-order valence-electron chi connectivity index (χ4n) is 2.48. The van der Waals surface area contributed by atoms with Crippen molar-refractivity contribution in [2.75, 3.05) is 25.0 Å². The van der Waals surface area contributed by atoms with Gasteiger partial charge in [-0.25, -0.2) is 0 Å². The van der Waals surface area contributed by atoms with Gasteiger partial charge in [0.25, 0.3) is 0 Å². The lowest BCUT2D eigenvalue weighted by atomic mass is 9.95. The number of hydrogen-bond donors (Lipinski definition) is 1. The predicted octanol–water partition coefficient (Wildman–Crippen LogP) is 2.73. The maximum Gasteiger partial charge on any atom is 0.240 e. The molecule has 19 heavy (non-hydrogen) atoms. The average molecular weight is 283 g/mol. The smallest absolute Gasteiger partial charge is 0.240 e. The molecule has 1 aromatic carbocycles. The van der Waals surface area contributed by atoms with Gasteiger partial charge in [-0.15, -0.1) is 12.4 Å². The second kappa shape index (κ2) is 6.92. The molecule has 0 aromatic heterocycles. The first kappa shape index (κ1) is 16.0. The van der Waals surface area contributed by atoms with E-state index >= 15 is 0 Å². The highest BCUT2D eigenvalue weighted by atomic mass is 35.5. The van der Waals surface area contributed by atoms with Crippen molar-refractivity contribution in [2.24, 2.45) is 0 Å². The van der Waals surface area contributed by atoms with Crippen LogP contribution in [0, 0.1) is 0 Å². The van der Waals surface area contributed by atoms with Crippen molar-refractivity contribution in [1.29, 1.82) is 0 Å². The minimum atomic E-state index is 0. The van der Waals surface area contributed by atoms with Crippen LogP contribution < -0.4 is 10.2 Å². The van der Waals surface area contributed by atoms with Gasteiger partial charge in [0, 0.05) is 12.2 Å². The molecule has 0 fully saturated rings. The Labute approximate surface area is 121 Å². The number of halogens is 1. The number of likely N-dealkylation sites (N-methyl/N-ethyl adjacent to an activating group) is 1. The molecule has 3 nitrogen and oxygen atoms in total. The normalized spacial score (nSPS) is 14.0. The molecule has 1 aliphatic rings. The van der Waals surface area contributed by atoms with Crippen molar-refractivity contribution in [2.45, 2.75) is 32.6 Å². The summed E-state index contributed by atoms with van der Waals surface area (Å²) in [6.07, 6.45) is 2.14. The van der Waals surface area contributed by atoms with E-state index in [9.17, 15) is 4.79 Å². The fourth-order valence-corrected chi connectivity index (χ4v) is 2.48. The van der Waals surface area contributed by atoms with E-state index < -0.39 is 0 Å². The van der Waals surface area contributed by atoms with E-state index in [0.29, 0.717) is 12.5 Å². The molecule has 0 radical (unpaired) electrons. The van der Waals surface area contributed by atoms with Gasteiger partial charge in [0.1, 0.15) is 0 Å². The molecule has 0 aliphatic carbocycles. The van der Waals surface area contributed by atoms with Gasteiger partial charge in [0.15, 0.2) is 0 Å². The number of carbonyl (C=O) groups excluding carboxylic acids is 1. The van der Waals surface area contributed by atoms with Crippen LogP contribution in [0.2, 0.25) is 0 Å². The van der Waals surface area contributed by atoms with Crippen molar-refractivity contribution in [3.05, 3.63) is 29.3 Å². The standard InChI is InChI=1S/C15H22N2O.ClH/c1-11(2)12-6-7-14-13(9-12)5-4-8-17(14)15(18)10-16-3;/h6-7,9,11,16H,4-5,8,10H2,1-3H3;1H. The Morgan fingerprint density at radius 1 is 1.42 bits per heavy atom. The number of benzene rings is 1. The van der Waals surface area contributed by atoms with Gasteiger partial charge in [0.2, 0.25) is 5.91 Å². The van der Waals surface area contributed by atoms with Gasteiger partial charge in [-0.05, 0) is 43.0 Å². The number of rotatable bonds is 3. The van der Waals surface area contributed by atoms with Crippen LogP contribution in [0.3, 0.4) is 0 Å². The molecule has 1 N–H and O–H groups in total. The summed E-state index contributed by atoms with van der Waals surface area (Å²) in [7, 11) is 1.81. The molecular formula is C15H23ClN2O. The Kier molecular flexibility index (Phi) is 5.83. The maximum atomic E-state index is 12.0. The summed E-state index contributed by atoms with van der Waals surface area (Å²) in [5.74, 6) is 0.703. The third-order valence-electron chi connectivity index (χ3n) is 3.52. The largest absolute Gasteiger partial charge is 0.311 e. The lowest BCUT2D eigenvalue weighted by molar-refractivity contribution is -0.117. The Morgan fingerprint density at radius 2 is 2.16 bits per heavy atom. The number of nitrogens with zero attached hydrogens (tertiary/aromatic N) is 1. The number of carbonyl (C=O) groups is 1. The van der Waals surface area contributed by atoms with Crippen LogP contribution in [0.15, 0.2) is 18.2 Å². The maximum absolute atomic E-state index is 12.0. The van der Waals surface area contributed by atoms with E-state index in [-0.39, 0.29) is 18.3 Å². The molecule has 1 aliphatic heterocycles. The molecule has 0 bridgehead atoms. The Hall–Kier alpha value is -1.06. The number of nitrogens with one attached hydrogen (secondary N) is 1. The highest BCUT2D eigenvalue weighted by molar-refractivity contribution is 5.96. The van der Waals surface area contributed by atoms with E-state index in [2.05, 4.69) is 37.4 Å². The summed E-state index contributed by atoms with van der Waals surface area (Å²) in [5.41, 5.74) is 3.78. The van der Waals surface area contributed by atoms with Crippen LogP contribution in [0.25, 0.3) is 0 Å². The number of fused-ring (bicyclic) bond motifs is 1. The topological polar surface area (TPSA) is 32.3 Å². The third-order valence-corrected chi connectivity index (χ3v) is 3.52. The molecule has 0 saturated heterocycles. The molecule has 0 unspecified atom stereocenters. The minimum Gasteiger partial charge on any atom is -0.311 e. The zero-order valence-corrected chi connectivity index (χ0v) is 12.7. The van der Waals surface area contributed by atoms with Gasteiger partial charge >= 0.3 is 0 Å². The Morgan fingerprint density at radius 3 is 2.79 bits per heavy atom. The van der Waals surface area contributed by atoms with Crippen LogP contribution in [0.1, 0.15) is 37.3 Å². The zero-order chi connectivity index (χ0) is 13.1. The van der Waals surface area contributed by atoms with Crippen molar-refractivity contribution in [3.63, 3.8) is 0 Å². The van der Waals surface area contributed by atoms with Crippen LogP contribution in [0.4, 0.5) is 5.69 Å². The van der Waals surface area contributed by atoms with Crippen LogP contribution in [-0.2, 0) is 11.2 Å². The van der Waals surface area contributed by atoms with Gasteiger partial charge in [-0.2, -0.15) is 0 Å². The molecule has 1 heterocycles. The van der Waals surface area contributed by atoms with Gasteiger partial charge < -0.3 is 10.2 Å². The number of aryl methyl sites for hydroxylation is 1. The van der Waals surface area contributed by atoms with Crippen LogP contribution in [-0.4, -0.2) is 26.0 Å². The SMILES string of the molecule is CNCC(=O)N1CCCc2cc(C(C)C)ccc21.Cl. The van der Waals surface area contributed by atoms with Gasteiger partial charge in [-0.3, -0.25) is 4.79 Å². The third kappa shape index (κ3) is 3.48. The van der Waals surface area contributed by atoms with Crippen molar-refractivity contribution in [3.8, 4) is 0 Å². The monoisotopic (exact) mass is 282 g/mol. The first-order valence-electron chi connectivity index (χ1n) is 6.71. The van der Waals surface area contributed by atoms with E-state index in [1.54, 1.807) is 0 Å². The second-order valence-corrected chi connectivity index (χ2v) is 5.22. The Bertz CT molecular complexity index is 446. The van der Waals surface area contributed by atoms with E-state index in [1.165, 1.54) is 11.1 Å². The fraction of sp³-hybridized carbons (Fsp3) is 0.533.